The molecule has 0 atom stereocenters. The number of hydrogen-bond acceptors (Lipinski definition) is 2. The minimum absolute atomic E-state index is 0.835. The molecule has 4 heteroatoms. The van der Waals surface area contributed by atoms with Crippen molar-refractivity contribution in [2.75, 3.05) is 4.90 Å². The molecule has 3 nitrogen and oxygen atoms in total. The number of nitrogens with zero attached hydrogens (tertiary/aromatic N) is 1. The number of H-pyrrole nitrogens is 1. The first kappa shape index (κ1) is 22.2. The van der Waals surface area contributed by atoms with Crippen molar-refractivity contribution in [3.05, 3.63) is 127 Å². The normalized spacial score (nSPS) is 13.1. The third-order valence-corrected chi connectivity index (χ3v) is 9.14. The summed E-state index contributed by atoms with van der Waals surface area (Å²) in [5, 5.41) is 7.51. The molecule has 0 radical (unpaired) electrons. The number of para-hydroxylation sites is 4. The van der Waals surface area contributed by atoms with Gasteiger partial charge in [-0.2, -0.15) is 0 Å². The lowest BCUT2D eigenvalue weighted by Gasteiger charge is -2.40. The summed E-state index contributed by atoms with van der Waals surface area (Å²) < 4.78 is 6.44. The molecule has 194 valence electrons. The van der Waals surface area contributed by atoms with Crippen LogP contribution in [0, 0.1) is 0 Å². The van der Waals surface area contributed by atoms with Crippen molar-refractivity contribution in [1.82, 2.24) is 4.98 Å². The van der Waals surface area contributed by atoms with Crippen LogP contribution in [0.4, 0.5) is 17.1 Å². The zero-order chi connectivity index (χ0) is 27.4. The van der Waals surface area contributed by atoms with Gasteiger partial charge < -0.3 is 14.6 Å². The Balaban J connectivity index is 1.32. The highest BCUT2D eigenvalue weighted by molar-refractivity contribution is 6.74. The molecule has 0 bridgehead atoms. The standard InChI is InChI=1S/C38H23BN2O/c1-2-10-23-21-31-28(19-22(23)9-1)26-13-7-14-27(36(26)40-31)29-20-24-11-3-4-12-25(24)37-35(29)39-30-15-8-18-34-38(30)41(37)32-16-5-6-17-33(32)42-34/h1-21,39-40H. The van der Waals surface area contributed by atoms with Crippen molar-refractivity contribution in [3.8, 4) is 22.6 Å². The molecule has 2 aliphatic rings. The Labute approximate surface area is 242 Å². The lowest BCUT2D eigenvalue weighted by atomic mass is 9.57. The molecule has 0 saturated carbocycles. The van der Waals surface area contributed by atoms with E-state index in [2.05, 4.69) is 131 Å². The molecule has 0 amide bonds. The van der Waals surface area contributed by atoms with Crippen LogP contribution >= 0.6 is 0 Å². The fraction of sp³-hybridized carbons (Fsp3) is 0. The number of rotatable bonds is 1. The summed E-state index contributed by atoms with van der Waals surface area (Å²) in [7, 11) is 0.835. The highest BCUT2D eigenvalue weighted by Crippen LogP contribution is 2.52. The molecule has 1 aromatic heterocycles. The molecule has 7 aromatic carbocycles. The average Bonchev–Trinajstić information content (AvgIpc) is 3.40. The van der Waals surface area contributed by atoms with E-state index in [0.29, 0.717) is 0 Å². The summed E-state index contributed by atoms with van der Waals surface area (Å²) in [4.78, 5) is 6.29. The maximum atomic E-state index is 6.44. The van der Waals surface area contributed by atoms with Gasteiger partial charge in [-0.3, -0.25) is 0 Å². The van der Waals surface area contributed by atoms with E-state index in [4.69, 9.17) is 4.74 Å². The molecule has 10 rings (SSSR count). The van der Waals surface area contributed by atoms with Crippen molar-refractivity contribution in [2.45, 2.75) is 0 Å². The van der Waals surface area contributed by atoms with Gasteiger partial charge in [-0.05, 0) is 63.6 Å². The molecule has 0 aliphatic carbocycles. The molecule has 0 saturated heterocycles. The number of fused-ring (bicyclic) bond motifs is 10. The quantitative estimate of drug-likeness (QED) is 0.214. The first-order chi connectivity index (χ1) is 20.8. The minimum atomic E-state index is 0.835. The Hall–Kier alpha value is -5.48. The summed E-state index contributed by atoms with van der Waals surface area (Å²) in [6.45, 7) is 0. The van der Waals surface area contributed by atoms with E-state index < -0.39 is 0 Å². The van der Waals surface area contributed by atoms with Gasteiger partial charge in [0.05, 0.1) is 16.9 Å². The second-order valence-electron chi connectivity index (χ2n) is 11.4. The van der Waals surface area contributed by atoms with Crippen LogP contribution in [0.3, 0.4) is 0 Å². The lowest BCUT2D eigenvalue weighted by molar-refractivity contribution is 0.477. The van der Waals surface area contributed by atoms with Gasteiger partial charge in [0.2, 0.25) is 0 Å². The zero-order valence-corrected chi connectivity index (χ0v) is 22.7. The smallest absolute Gasteiger partial charge is 0.198 e. The summed E-state index contributed by atoms with van der Waals surface area (Å²) >= 11 is 0. The van der Waals surface area contributed by atoms with Crippen LogP contribution in [0.2, 0.25) is 0 Å². The van der Waals surface area contributed by atoms with Gasteiger partial charge in [0, 0.05) is 32.9 Å². The van der Waals surface area contributed by atoms with E-state index in [9.17, 15) is 0 Å². The maximum Gasteiger partial charge on any atom is 0.198 e. The largest absolute Gasteiger partial charge is 0.453 e. The second kappa shape index (κ2) is 8.05. The molecular formula is C38H23BN2O. The van der Waals surface area contributed by atoms with Crippen molar-refractivity contribution in [1.29, 1.82) is 0 Å². The van der Waals surface area contributed by atoms with Crippen LogP contribution in [0.25, 0.3) is 54.5 Å². The highest BCUT2D eigenvalue weighted by atomic mass is 16.5. The van der Waals surface area contributed by atoms with E-state index in [1.807, 2.05) is 6.07 Å². The molecule has 1 N–H and O–H groups in total. The summed E-state index contributed by atoms with van der Waals surface area (Å²) in [5.41, 5.74) is 11.0. The number of nitrogens with one attached hydrogen (secondary N) is 1. The molecule has 2 aliphatic heterocycles. The molecule has 3 heterocycles. The topological polar surface area (TPSA) is 28.3 Å². The van der Waals surface area contributed by atoms with Gasteiger partial charge >= 0.3 is 0 Å². The van der Waals surface area contributed by atoms with Crippen molar-refractivity contribution < 1.29 is 4.74 Å². The van der Waals surface area contributed by atoms with Crippen LogP contribution < -0.4 is 20.6 Å². The van der Waals surface area contributed by atoms with Gasteiger partial charge in [-0.1, -0.05) is 96.5 Å². The van der Waals surface area contributed by atoms with Crippen molar-refractivity contribution in [2.24, 2.45) is 0 Å². The Morgan fingerprint density at radius 3 is 2.21 bits per heavy atom. The minimum Gasteiger partial charge on any atom is -0.453 e. The molecule has 0 fully saturated rings. The summed E-state index contributed by atoms with van der Waals surface area (Å²) in [6.07, 6.45) is 0. The van der Waals surface area contributed by atoms with E-state index in [1.165, 1.54) is 71.1 Å². The van der Waals surface area contributed by atoms with Crippen LogP contribution in [0.5, 0.6) is 11.5 Å². The SMILES string of the molecule is B1c2cccc3c2N(c2ccccc2O3)c2c1c(-c1cccc3c1[nH]c1cc4ccccc4cc13)cc1ccccc21. The Bertz CT molecular complexity index is 2440. The highest BCUT2D eigenvalue weighted by Gasteiger charge is 2.35. The zero-order valence-electron chi connectivity index (χ0n) is 22.7. The molecular weight excluding hydrogens is 511 g/mol. The van der Waals surface area contributed by atoms with E-state index >= 15 is 0 Å². The number of aromatic amines is 1. The van der Waals surface area contributed by atoms with E-state index in [1.54, 1.807) is 0 Å². The third kappa shape index (κ3) is 2.91. The van der Waals surface area contributed by atoms with Crippen LogP contribution in [-0.2, 0) is 0 Å². The fourth-order valence-corrected chi connectivity index (χ4v) is 7.32. The molecule has 8 aromatic rings. The number of hydrogen-bond donors (Lipinski definition) is 1. The van der Waals surface area contributed by atoms with Gasteiger partial charge in [0.15, 0.2) is 18.8 Å². The average molecular weight is 534 g/mol. The second-order valence-corrected chi connectivity index (χ2v) is 11.4. The monoisotopic (exact) mass is 534 g/mol. The number of anilines is 3. The van der Waals surface area contributed by atoms with E-state index in [0.717, 1.165) is 30.2 Å². The summed E-state index contributed by atoms with van der Waals surface area (Å²) in [5.74, 6) is 1.80. The number of ether oxygens (including phenoxy) is 1. The number of benzene rings is 7. The van der Waals surface area contributed by atoms with Crippen LogP contribution in [0.1, 0.15) is 0 Å². The predicted molar refractivity (Wildman–Crippen MR) is 177 cm³/mol. The van der Waals surface area contributed by atoms with Crippen LogP contribution in [0.15, 0.2) is 127 Å². The fourth-order valence-electron chi connectivity index (χ4n) is 7.32. The molecule has 42 heavy (non-hydrogen) atoms. The Kier molecular flexibility index (Phi) is 4.26. The van der Waals surface area contributed by atoms with Crippen molar-refractivity contribution >= 4 is 78.6 Å². The molecule has 0 spiro atoms. The lowest BCUT2D eigenvalue weighted by Crippen LogP contribution is -2.42. The Morgan fingerprint density at radius 1 is 0.548 bits per heavy atom. The first-order valence-corrected chi connectivity index (χ1v) is 14.5. The Morgan fingerprint density at radius 2 is 1.29 bits per heavy atom. The third-order valence-electron chi connectivity index (χ3n) is 9.14. The van der Waals surface area contributed by atoms with Gasteiger partial charge in [-0.25, -0.2) is 0 Å². The van der Waals surface area contributed by atoms with E-state index in [-0.39, 0.29) is 0 Å². The maximum absolute atomic E-state index is 6.44. The number of aromatic nitrogens is 1. The summed E-state index contributed by atoms with van der Waals surface area (Å²) in [6, 6.07) is 46.0. The first-order valence-electron chi connectivity index (χ1n) is 14.5. The van der Waals surface area contributed by atoms with Crippen molar-refractivity contribution in [3.63, 3.8) is 0 Å². The predicted octanol–water partition coefficient (Wildman–Crippen LogP) is 8.57. The van der Waals surface area contributed by atoms with Crippen LogP contribution in [-0.4, -0.2) is 12.3 Å². The van der Waals surface area contributed by atoms with Gasteiger partial charge in [0.25, 0.3) is 0 Å². The van der Waals surface area contributed by atoms with Gasteiger partial charge in [-0.15, -0.1) is 0 Å². The molecule has 0 unspecified atom stereocenters. The van der Waals surface area contributed by atoms with Gasteiger partial charge in [0.1, 0.15) is 0 Å².